The fraction of sp³-hybridized carbons (Fsp3) is 0.273. The second kappa shape index (κ2) is 9.58. The summed E-state index contributed by atoms with van der Waals surface area (Å²) in [5.41, 5.74) is 3.23. The molecule has 1 heterocycles. The van der Waals surface area contributed by atoms with Crippen LogP contribution in [0.1, 0.15) is 19.4 Å². The van der Waals surface area contributed by atoms with Crippen LogP contribution in [-0.4, -0.2) is 38.3 Å². The van der Waals surface area contributed by atoms with Gasteiger partial charge in [0, 0.05) is 17.5 Å². The summed E-state index contributed by atoms with van der Waals surface area (Å²) in [6, 6.07) is 10.00. The minimum Gasteiger partial charge on any atom is -0.493 e. The summed E-state index contributed by atoms with van der Waals surface area (Å²) in [6.07, 6.45) is 0. The van der Waals surface area contributed by atoms with E-state index in [0.29, 0.717) is 23.8 Å². The first kappa shape index (κ1) is 21.6. The predicted octanol–water partition coefficient (Wildman–Crippen LogP) is 4.57. The maximum Gasteiger partial charge on any atom is 0.206 e. The van der Waals surface area contributed by atoms with Gasteiger partial charge in [-0.3, -0.25) is 4.99 Å². The Hall–Kier alpha value is -3.13. The van der Waals surface area contributed by atoms with Gasteiger partial charge in [-0.25, -0.2) is 9.07 Å². The summed E-state index contributed by atoms with van der Waals surface area (Å²) in [5.74, 6) is 1.35. The number of thiazole rings is 1. The molecule has 3 aromatic rings. The summed E-state index contributed by atoms with van der Waals surface area (Å²) in [4.78, 5) is 5.31. The molecule has 3 rings (SSSR count). The highest BCUT2D eigenvalue weighted by Crippen LogP contribution is 2.41. The molecule has 0 amide bonds. The molecule has 0 saturated heterocycles. The van der Waals surface area contributed by atoms with Crippen LogP contribution in [-0.2, 0) is 0 Å². The molecule has 6 nitrogen and oxygen atoms in total. The zero-order valence-electron chi connectivity index (χ0n) is 17.6. The summed E-state index contributed by atoms with van der Waals surface area (Å²) >= 11 is 1.49. The van der Waals surface area contributed by atoms with Crippen molar-refractivity contribution in [3.63, 3.8) is 0 Å². The maximum absolute atomic E-state index is 13.3. The lowest BCUT2D eigenvalue weighted by Crippen LogP contribution is -2.14. The molecule has 8 heteroatoms. The largest absolute Gasteiger partial charge is 0.493 e. The molecule has 0 radical (unpaired) electrons. The molecule has 0 spiro atoms. The Labute approximate surface area is 178 Å². The van der Waals surface area contributed by atoms with Gasteiger partial charge in [-0.05, 0) is 43.7 Å². The van der Waals surface area contributed by atoms with E-state index in [4.69, 9.17) is 19.3 Å². The van der Waals surface area contributed by atoms with E-state index in [-0.39, 0.29) is 5.82 Å². The van der Waals surface area contributed by atoms with Crippen molar-refractivity contribution in [2.24, 2.45) is 10.1 Å². The number of aromatic nitrogens is 1. The van der Waals surface area contributed by atoms with Crippen molar-refractivity contribution in [1.29, 1.82) is 0 Å². The number of ether oxygens (including phenoxy) is 3. The van der Waals surface area contributed by atoms with Crippen LogP contribution in [0.2, 0.25) is 0 Å². The number of methoxy groups -OCH3 is 3. The van der Waals surface area contributed by atoms with Crippen molar-refractivity contribution in [2.45, 2.75) is 13.8 Å². The first-order valence-electron chi connectivity index (χ1n) is 9.35. The van der Waals surface area contributed by atoms with Crippen molar-refractivity contribution >= 4 is 17.0 Å². The molecular formula is C22H24FN3O3S. The van der Waals surface area contributed by atoms with Crippen molar-refractivity contribution in [1.82, 2.24) is 4.68 Å². The normalized spacial score (nSPS) is 12.2. The van der Waals surface area contributed by atoms with Gasteiger partial charge in [0.1, 0.15) is 5.82 Å². The Morgan fingerprint density at radius 1 is 1.03 bits per heavy atom. The van der Waals surface area contributed by atoms with Crippen LogP contribution >= 0.6 is 11.3 Å². The van der Waals surface area contributed by atoms with E-state index in [1.54, 1.807) is 38.1 Å². The molecule has 2 aromatic carbocycles. The lowest BCUT2D eigenvalue weighted by Gasteiger charge is -2.14. The third kappa shape index (κ3) is 4.38. The minimum atomic E-state index is -0.283. The number of nitrogens with zero attached hydrogens (tertiary/aromatic N) is 3. The first-order chi connectivity index (χ1) is 14.5. The highest BCUT2D eigenvalue weighted by Gasteiger charge is 2.17. The third-order valence-corrected chi connectivity index (χ3v) is 5.31. The van der Waals surface area contributed by atoms with Crippen LogP contribution in [0.25, 0.3) is 11.3 Å². The van der Waals surface area contributed by atoms with Crippen LogP contribution in [0.4, 0.5) is 4.39 Å². The van der Waals surface area contributed by atoms with E-state index in [9.17, 15) is 4.39 Å². The predicted molar refractivity (Wildman–Crippen MR) is 118 cm³/mol. The molecular weight excluding hydrogens is 405 g/mol. The minimum absolute atomic E-state index is 0.283. The fourth-order valence-corrected chi connectivity index (χ4v) is 3.86. The summed E-state index contributed by atoms with van der Waals surface area (Å²) in [6.45, 7) is 4.48. The number of halogens is 1. The molecule has 0 unspecified atom stereocenters. The Morgan fingerprint density at radius 3 is 2.20 bits per heavy atom. The van der Waals surface area contributed by atoms with Gasteiger partial charge >= 0.3 is 0 Å². The van der Waals surface area contributed by atoms with Crippen LogP contribution in [0.5, 0.6) is 17.2 Å². The van der Waals surface area contributed by atoms with Crippen LogP contribution in [0.3, 0.4) is 0 Å². The maximum atomic E-state index is 13.3. The quantitative estimate of drug-likeness (QED) is 0.517. The highest BCUT2D eigenvalue weighted by atomic mass is 32.1. The van der Waals surface area contributed by atoms with E-state index < -0.39 is 0 Å². The van der Waals surface area contributed by atoms with Crippen molar-refractivity contribution < 1.29 is 18.6 Å². The topological polar surface area (TPSA) is 57.3 Å². The van der Waals surface area contributed by atoms with Gasteiger partial charge in [0.25, 0.3) is 0 Å². The second-order valence-electron chi connectivity index (χ2n) is 6.30. The number of rotatable bonds is 7. The molecule has 0 N–H and O–H groups in total. The molecule has 30 heavy (non-hydrogen) atoms. The van der Waals surface area contributed by atoms with Gasteiger partial charge in [-0.2, -0.15) is 5.10 Å². The number of benzene rings is 2. The number of hydrogen-bond acceptors (Lipinski definition) is 6. The van der Waals surface area contributed by atoms with Gasteiger partial charge < -0.3 is 14.2 Å². The molecule has 0 saturated carbocycles. The summed E-state index contributed by atoms with van der Waals surface area (Å²) in [5, 5.41) is 6.76. The smallest absolute Gasteiger partial charge is 0.206 e. The Kier molecular flexibility index (Phi) is 6.89. The standard InChI is InChI=1S/C22H24FN3O3S/c1-6-24-22-26(25-14(2)15-7-9-17(23)10-8-15)18(13-30-22)16-11-19(27-3)21(29-5)20(12-16)28-4/h7-13H,6H2,1-5H3. The van der Waals surface area contributed by atoms with E-state index >= 15 is 0 Å². The Balaban J connectivity index is 2.19. The van der Waals surface area contributed by atoms with Crippen molar-refractivity contribution in [3.05, 3.63) is 58.0 Å². The number of hydrogen-bond donors (Lipinski definition) is 0. The molecule has 0 aliphatic rings. The second-order valence-corrected chi connectivity index (χ2v) is 7.13. The first-order valence-corrected chi connectivity index (χ1v) is 10.2. The highest BCUT2D eigenvalue weighted by molar-refractivity contribution is 7.07. The van der Waals surface area contributed by atoms with E-state index in [0.717, 1.165) is 27.3 Å². The Bertz CT molecular complexity index is 1090. The van der Waals surface area contributed by atoms with Gasteiger partial charge in [0.05, 0.1) is 32.7 Å². The summed E-state index contributed by atoms with van der Waals surface area (Å²) < 4.78 is 31.5. The molecule has 0 fully saturated rings. The molecule has 1 aromatic heterocycles. The molecule has 0 aliphatic heterocycles. The van der Waals surface area contributed by atoms with E-state index in [2.05, 4.69) is 4.99 Å². The molecule has 158 valence electrons. The van der Waals surface area contributed by atoms with Crippen molar-refractivity contribution in [3.8, 4) is 28.5 Å². The third-order valence-electron chi connectivity index (χ3n) is 4.45. The molecule has 0 bridgehead atoms. The van der Waals surface area contributed by atoms with Crippen molar-refractivity contribution in [2.75, 3.05) is 27.9 Å². The average Bonchev–Trinajstić information content (AvgIpc) is 3.15. The zero-order valence-corrected chi connectivity index (χ0v) is 18.4. The van der Waals surface area contributed by atoms with Gasteiger partial charge in [-0.15, -0.1) is 11.3 Å². The monoisotopic (exact) mass is 429 g/mol. The summed E-state index contributed by atoms with van der Waals surface area (Å²) in [7, 11) is 4.73. The lowest BCUT2D eigenvalue weighted by molar-refractivity contribution is 0.324. The molecule has 0 aliphatic carbocycles. The van der Waals surface area contributed by atoms with Gasteiger partial charge in [-0.1, -0.05) is 12.1 Å². The van der Waals surface area contributed by atoms with E-state index in [1.165, 1.54) is 23.5 Å². The van der Waals surface area contributed by atoms with E-state index in [1.807, 2.05) is 31.4 Å². The van der Waals surface area contributed by atoms with Gasteiger partial charge in [0.2, 0.25) is 10.6 Å². The zero-order chi connectivity index (χ0) is 21.7. The van der Waals surface area contributed by atoms with Crippen LogP contribution in [0, 0.1) is 5.82 Å². The SMILES string of the molecule is CCN=c1scc(-c2cc(OC)c(OC)c(OC)c2)n1N=C(C)c1ccc(F)cc1. The van der Waals surface area contributed by atoms with Crippen LogP contribution < -0.4 is 19.0 Å². The molecule has 0 atom stereocenters. The average molecular weight is 430 g/mol. The Morgan fingerprint density at radius 2 is 1.67 bits per heavy atom. The fourth-order valence-electron chi connectivity index (χ4n) is 2.97. The van der Waals surface area contributed by atoms with Gasteiger partial charge in [0.15, 0.2) is 11.5 Å². The lowest BCUT2D eigenvalue weighted by atomic mass is 10.1. The van der Waals surface area contributed by atoms with Crippen LogP contribution in [0.15, 0.2) is 51.9 Å².